The fraction of sp³-hybridized carbons (Fsp3) is 0.533. The number of hydrogen-bond acceptors (Lipinski definition) is 5. The van der Waals surface area contributed by atoms with Crippen LogP contribution in [0.2, 0.25) is 0 Å². The molecule has 0 saturated carbocycles. The summed E-state index contributed by atoms with van der Waals surface area (Å²) in [6.45, 7) is 1.72. The maximum absolute atomic E-state index is 11.1. The van der Waals surface area contributed by atoms with Gasteiger partial charge in [-0.2, -0.15) is 0 Å². The van der Waals surface area contributed by atoms with Gasteiger partial charge in [0.2, 0.25) is 0 Å². The first-order valence-electron chi connectivity index (χ1n) is 7.54. The van der Waals surface area contributed by atoms with E-state index < -0.39 is 6.09 Å². The molecule has 8 heteroatoms. The van der Waals surface area contributed by atoms with Crippen LogP contribution in [-0.2, 0) is 6.42 Å². The highest BCUT2D eigenvalue weighted by Crippen LogP contribution is 2.25. The third-order valence-electron chi connectivity index (χ3n) is 4.08. The molecule has 23 heavy (non-hydrogen) atoms. The minimum Gasteiger partial charge on any atom is -0.465 e. The van der Waals surface area contributed by atoms with E-state index in [0.717, 1.165) is 23.3 Å². The molecule has 0 aromatic heterocycles. The normalized spacial score (nSPS) is 15.6. The molecule has 0 spiro atoms. The van der Waals surface area contributed by atoms with Crippen LogP contribution in [0.5, 0.6) is 0 Å². The Morgan fingerprint density at radius 2 is 2.17 bits per heavy atom. The molecule has 1 aromatic rings. The Bertz CT molecular complexity index is 574. The zero-order valence-corrected chi connectivity index (χ0v) is 13.8. The van der Waals surface area contributed by atoms with Gasteiger partial charge in [-0.15, -0.1) is 11.8 Å². The second-order valence-corrected chi connectivity index (χ2v) is 6.38. The lowest BCUT2D eigenvalue weighted by atomic mass is 10.0. The highest BCUT2D eigenvalue weighted by Gasteiger charge is 2.22. The number of likely N-dealkylation sites (tertiary alicyclic amines) is 1. The predicted molar refractivity (Wildman–Crippen MR) is 89.2 cm³/mol. The van der Waals surface area contributed by atoms with Gasteiger partial charge in [-0.3, -0.25) is 10.1 Å². The number of nitro groups is 1. The molecule has 2 rings (SSSR count). The molecular formula is C15H21N3O4S. The second-order valence-electron chi connectivity index (χ2n) is 5.50. The Balaban J connectivity index is 1.87. The van der Waals surface area contributed by atoms with Crippen molar-refractivity contribution in [2.75, 3.05) is 25.9 Å². The number of rotatable bonds is 6. The van der Waals surface area contributed by atoms with Gasteiger partial charge in [0, 0.05) is 35.7 Å². The first-order valence-corrected chi connectivity index (χ1v) is 8.76. The van der Waals surface area contributed by atoms with Crippen molar-refractivity contribution in [2.24, 2.45) is 0 Å². The summed E-state index contributed by atoms with van der Waals surface area (Å²) in [6.07, 6.45) is 3.22. The van der Waals surface area contributed by atoms with Crippen LogP contribution < -0.4 is 5.32 Å². The van der Waals surface area contributed by atoms with Crippen LogP contribution >= 0.6 is 11.8 Å². The van der Waals surface area contributed by atoms with E-state index in [-0.39, 0.29) is 16.7 Å². The summed E-state index contributed by atoms with van der Waals surface area (Å²) in [5.74, 6) is 0. The van der Waals surface area contributed by atoms with E-state index >= 15 is 0 Å². The fourth-order valence-electron chi connectivity index (χ4n) is 2.75. The largest absolute Gasteiger partial charge is 0.465 e. The molecule has 0 bridgehead atoms. The summed E-state index contributed by atoms with van der Waals surface area (Å²) in [7, 11) is 0. The molecule has 1 aromatic carbocycles. The molecular weight excluding hydrogens is 318 g/mol. The van der Waals surface area contributed by atoms with Crippen LogP contribution in [0.3, 0.4) is 0 Å². The molecule has 1 aliphatic heterocycles. The molecule has 7 nitrogen and oxygen atoms in total. The highest BCUT2D eigenvalue weighted by molar-refractivity contribution is 7.98. The monoisotopic (exact) mass is 339 g/mol. The van der Waals surface area contributed by atoms with E-state index in [1.54, 1.807) is 23.9 Å². The lowest BCUT2D eigenvalue weighted by molar-refractivity contribution is -0.385. The number of nitrogens with one attached hydrogen (secondary N) is 1. The highest BCUT2D eigenvalue weighted by atomic mass is 32.2. The van der Waals surface area contributed by atoms with Gasteiger partial charge >= 0.3 is 6.09 Å². The van der Waals surface area contributed by atoms with E-state index in [4.69, 9.17) is 5.11 Å². The van der Waals surface area contributed by atoms with E-state index in [0.29, 0.717) is 26.1 Å². The standard InChI is InChI=1S/C15H21N3O4S/c1-23-13-2-3-14(18(21)22)11(10-13)4-7-16-12-5-8-17(9-6-12)15(19)20/h2-3,10,12,16H,4-9H2,1H3,(H,19,20). The first kappa shape index (κ1) is 17.6. The van der Waals surface area contributed by atoms with E-state index in [1.807, 2.05) is 12.3 Å². The minimum atomic E-state index is -0.868. The van der Waals surface area contributed by atoms with Gasteiger partial charge in [0.25, 0.3) is 5.69 Å². The average Bonchev–Trinajstić information content (AvgIpc) is 2.55. The lowest BCUT2D eigenvalue weighted by Crippen LogP contribution is -2.44. The number of nitrogens with zero attached hydrogens (tertiary/aromatic N) is 2. The van der Waals surface area contributed by atoms with Crippen molar-refractivity contribution in [3.05, 3.63) is 33.9 Å². The molecule has 0 atom stereocenters. The topological polar surface area (TPSA) is 95.7 Å². The SMILES string of the molecule is CSc1ccc([N+](=O)[O-])c(CCNC2CCN(C(=O)O)CC2)c1. The third kappa shape index (κ3) is 4.84. The van der Waals surface area contributed by atoms with E-state index in [9.17, 15) is 14.9 Å². The average molecular weight is 339 g/mol. The zero-order chi connectivity index (χ0) is 16.8. The summed E-state index contributed by atoms with van der Waals surface area (Å²) in [5, 5.41) is 23.4. The predicted octanol–water partition coefficient (Wildman–Crippen LogP) is 2.59. The van der Waals surface area contributed by atoms with Gasteiger partial charge in [0.1, 0.15) is 0 Å². The molecule has 1 fully saturated rings. The molecule has 1 amide bonds. The van der Waals surface area contributed by atoms with Crippen LogP contribution in [0.4, 0.5) is 10.5 Å². The Kier molecular flexibility index (Phi) is 6.23. The molecule has 1 heterocycles. The van der Waals surface area contributed by atoms with Crippen molar-refractivity contribution < 1.29 is 14.8 Å². The second kappa shape index (κ2) is 8.16. The Labute approximate surface area is 139 Å². The van der Waals surface area contributed by atoms with Crippen molar-refractivity contribution in [2.45, 2.75) is 30.2 Å². The van der Waals surface area contributed by atoms with Crippen LogP contribution in [0.25, 0.3) is 0 Å². The smallest absolute Gasteiger partial charge is 0.407 e. The Morgan fingerprint density at radius 3 is 2.74 bits per heavy atom. The number of piperidine rings is 1. The summed E-state index contributed by atoms with van der Waals surface area (Å²) in [4.78, 5) is 24.1. The van der Waals surface area contributed by atoms with Crippen molar-refractivity contribution in [3.8, 4) is 0 Å². The number of carbonyl (C=O) groups is 1. The van der Waals surface area contributed by atoms with Crippen molar-refractivity contribution >= 4 is 23.5 Å². The zero-order valence-electron chi connectivity index (χ0n) is 13.0. The van der Waals surface area contributed by atoms with Crippen molar-refractivity contribution in [3.63, 3.8) is 0 Å². The van der Waals surface area contributed by atoms with Crippen LogP contribution in [-0.4, -0.2) is 53.0 Å². The maximum Gasteiger partial charge on any atom is 0.407 e. The van der Waals surface area contributed by atoms with Crippen LogP contribution in [0.1, 0.15) is 18.4 Å². The van der Waals surface area contributed by atoms with Crippen LogP contribution in [0.15, 0.2) is 23.1 Å². The quantitative estimate of drug-likeness (QED) is 0.470. The Morgan fingerprint density at radius 1 is 1.48 bits per heavy atom. The number of thioether (sulfide) groups is 1. The molecule has 1 saturated heterocycles. The van der Waals surface area contributed by atoms with Gasteiger partial charge in [0.15, 0.2) is 0 Å². The summed E-state index contributed by atoms with van der Waals surface area (Å²) in [5.41, 5.74) is 0.891. The minimum absolute atomic E-state index is 0.158. The van der Waals surface area contributed by atoms with E-state index in [2.05, 4.69) is 5.32 Å². The van der Waals surface area contributed by atoms with Crippen LogP contribution in [0, 0.1) is 10.1 Å². The molecule has 0 radical (unpaired) electrons. The molecule has 0 unspecified atom stereocenters. The summed E-state index contributed by atoms with van der Waals surface area (Å²) in [6, 6.07) is 5.47. The number of benzene rings is 1. The maximum atomic E-state index is 11.1. The fourth-order valence-corrected chi connectivity index (χ4v) is 3.22. The molecule has 2 N–H and O–H groups in total. The molecule has 0 aliphatic carbocycles. The van der Waals surface area contributed by atoms with E-state index in [1.165, 1.54) is 4.90 Å². The number of carboxylic acid groups (broad SMARTS) is 1. The van der Waals surface area contributed by atoms with Gasteiger partial charge in [0.05, 0.1) is 4.92 Å². The van der Waals surface area contributed by atoms with Crippen molar-refractivity contribution in [1.82, 2.24) is 10.2 Å². The van der Waals surface area contributed by atoms with Crippen molar-refractivity contribution in [1.29, 1.82) is 0 Å². The first-order chi connectivity index (χ1) is 11.0. The third-order valence-corrected chi connectivity index (χ3v) is 4.80. The molecule has 1 aliphatic rings. The lowest BCUT2D eigenvalue weighted by Gasteiger charge is -2.30. The molecule has 126 valence electrons. The Hall–Kier alpha value is -1.80. The van der Waals surface area contributed by atoms with Gasteiger partial charge in [-0.25, -0.2) is 4.79 Å². The number of nitro benzene ring substituents is 1. The summed E-state index contributed by atoms with van der Waals surface area (Å²) >= 11 is 1.56. The van der Waals surface area contributed by atoms with Gasteiger partial charge < -0.3 is 15.3 Å². The summed E-state index contributed by atoms with van der Waals surface area (Å²) < 4.78 is 0. The van der Waals surface area contributed by atoms with Gasteiger partial charge in [-0.1, -0.05) is 0 Å². The number of hydrogen-bond donors (Lipinski definition) is 2. The van der Waals surface area contributed by atoms with Gasteiger partial charge in [-0.05, 0) is 44.2 Å². The number of amides is 1.